The third-order valence-corrected chi connectivity index (χ3v) is 2.79. The van der Waals surface area contributed by atoms with E-state index in [0.717, 1.165) is 25.3 Å². The molecule has 1 unspecified atom stereocenters. The van der Waals surface area contributed by atoms with Crippen LogP contribution in [0.4, 0.5) is 0 Å². The molecule has 0 aromatic heterocycles. The molecule has 82 valence electrons. The number of hydrogen-bond acceptors (Lipinski definition) is 3. The molecule has 1 N–H and O–H groups in total. The quantitative estimate of drug-likeness (QED) is 0.662. The van der Waals surface area contributed by atoms with E-state index >= 15 is 0 Å². The Hall–Kier alpha value is -0.570. The lowest BCUT2D eigenvalue weighted by molar-refractivity contribution is -0.148. The number of rotatable bonds is 6. The highest BCUT2D eigenvalue weighted by Crippen LogP contribution is 2.37. The predicted molar refractivity (Wildman–Crippen MR) is 56.1 cm³/mol. The second-order valence-electron chi connectivity index (χ2n) is 4.40. The summed E-state index contributed by atoms with van der Waals surface area (Å²) in [6, 6.07) is 0. The second kappa shape index (κ2) is 4.78. The van der Waals surface area contributed by atoms with Crippen molar-refractivity contribution in [2.75, 3.05) is 13.7 Å². The van der Waals surface area contributed by atoms with Gasteiger partial charge >= 0.3 is 5.97 Å². The van der Waals surface area contributed by atoms with E-state index in [4.69, 9.17) is 4.74 Å². The fourth-order valence-corrected chi connectivity index (χ4v) is 1.75. The molecular formula is C11H21NO2. The van der Waals surface area contributed by atoms with Crippen LogP contribution in [0.3, 0.4) is 0 Å². The van der Waals surface area contributed by atoms with Crippen LogP contribution < -0.4 is 5.32 Å². The smallest absolute Gasteiger partial charge is 0.325 e. The molecule has 1 fully saturated rings. The molecule has 14 heavy (non-hydrogen) atoms. The predicted octanol–water partition coefficient (Wildman–Crippen LogP) is 1.72. The standard InChI is InChI=1S/C11H21NO2/c1-4-7-12-11(2,10(13)14-3)8-9-5-6-9/h9,12H,4-8H2,1-3H3. The summed E-state index contributed by atoms with van der Waals surface area (Å²) in [7, 11) is 1.46. The maximum absolute atomic E-state index is 11.6. The van der Waals surface area contributed by atoms with E-state index in [-0.39, 0.29) is 5.97 Å². The van der Waals surface area contributed by atoms with Gasteiger partial charge in [-0.3, -0.25) is 4.79 Å². The number of methoxy groups -OCH3 is 1. The lowest BCUT2D eigenvalue weighted by atomic mass is 9.94. The third kappa shape index (κ3) is 2.98. The molecular weight excluding hydrogens is 178 g/mol. The summed E-state index contributed by atoms with van der Waals surface area (Å²) < 4.78 is 4.84. The Kier molecular flexibility index (Phi) is 3.93. The normalized spacial score (nSPS) is 20.2. The van der Waals surface area contributed by atoms with Crippen LogP contribution in [-0.4, -0.2) is 25.2 Å². The van der Waals surface area contributed by atoms with Crippen molar-refractivity contribution in [1.82, 2.24) is 5.32 Å². The van der Waals surface area contributed by atoms with E-state index in [0.29, 0.717) is 0 Å². The number of carbonyl (C=O) groups is 1. The van der Waals surface area contributed by atoms with Gasteiger partial charge in [-0.15, -0.1) is 0 Å². The minimum absolute atomic E-state index is 0.127. The summed E-state index contributed by atoms with van der Waals surface area (Å²) in [6.45, 7) is 4.92. The molecule has 3 nitrogen and oxygen atoms in total. The number of esters is 1. The number of nitrogens with one attached hydrogen (secondary N) is 1. The Morgan fingerprint density at radius 2 is 2.21 bits per heavy atom. The van der Waals surface area contributed by atoms with Crippen LogP contribution in [0.25, 0.3) is 0 Å². The first-order chi connectivity index (χ1) is 6.62. The first-order valence-corrected chi connectivity index (χ1v) is 5.46. The van der Waals surface area contributed by atoms with Crippen molar-refractivity contribution in [2.24, 2.45) is 5.92 Å². The van der Waals surface area contributed by atoms with Crippen LogP contribution in [0.15, 0.2) is 0 Å². The van der Waals surface area contributed by atoms with Gasteiger partial charge in [0.25, 0.3) is 0 Å². The zero-order chi connectivity index (χ0) is 10.6. The number of carbonyl (C=O) groups excluding carboxylic acids is 1. The molecule has 0 spiro atoms. The third-order valence-electron chi connectivity index (χ3n) is 2.79. The summed E-state index contributed by atoms with van der Waals surface area (Å²) in [5.41, 5.74) is -0.466. The SMILES string of the molecule is CCCNC(C)(CC1CC1)C(=O)OC. The maximum atomic E-state index is 11.6. The Morgan fingerprint density at radius 1 is 1.57 bits per heavy atom. The number of hydrogen-bond donors (Lipinski definition) is 1. The van der Waals surface area contributed by atoms with Crippen LogP contribution >= 0.6 is 0 Å². The minimum Gasteiger partial charge on any atom is -0.468 e. The molecule has 0 aromatic carbocycles. The van der Waals surface area contributed by atoms with Gasteiger partial charge < -0.3 is 10.1 Å². The van der Waals surface area contributed by atoms with Crippen molar-refractivity contribution in [2.45, 2.75) is 45.1 Å². The summed E-state index contributed by atoms with van der Waals surface area (Å²) in [5, 5.41) is 3.29. The summed E-state index contributed by atoms with van der Waals surface area (Å²) in [6.07, 6.45) is 4.48. The van der Waals surface area contributed by atoms with Crippen molar-refractivity contribution in [3.8, 4) is 0 Å². The highest BCUT2D eigenvalue weighted by Gasteiger charge is 2.39. The van der Waals surface area contributed by atoms with Gasteiger partial charge in [-0.25, -0.2) is 0 Å². The van der Waals surface area contributed by atoms with Crippen LogP contribution in [0.5, 0.6) is 0 Å². The molecule has 3 heteroatoms. The Balaban J connectivity index is 2.51. The van der Waals surface area contributed by atoms with E-state index in [9.17, 15) is 4.79 Å². The van der Waals surface area contributed by atoms with Gasteiger partial charge in [-0.2, -0.15) is 0 Å². The van der Waals surface area contributed by atoms with Gasteiger partial charge in [-0.05, 0) is 32.2 Å². The highest BCUT2D eigenvalue weighted by molar-refractivity contribution is 5.80. The molecule has 0 radical (unpaired) electrons. The van der Waals surface area contributed by atoms with Crippen LogP contribution in [0.2, 0.25) is 0 Å². The van der Waals surface area contributed by atoms with E-state index in [1.165, 1.54) is 20.0 Å². The number of ether oxygens (including phenoxy) is 1. The molecule has 1 saturated carbocycles. The molecule has 0 heterocycles. The molecule has 0 aromatic rings. The molecule has 0 bridgehead atoms. The molecule has 1 aliphatic rings. The molecule has 0 amide bonds. The minimum atomic E-state index is -0.466. The lowest BCUT2D eigenvalue weighted by Gasteiger charge is -2.27. The average molecular weight is 199 g/mol. The van der Waals surface area contributed by atoms with Gasteiger partial charge in [0.2, 0.25) is 0 Å². The van der Waals surface area contributed by atoms with Crippen molar-refractivity contribution in [3.63, 3.8) is 0 Å². The highest BCUT2D eigenvalue weighted by atomic mass is 16.5. The Bertz CT molecular complexity index is 201. The van der Waals surface area contributed by atoms with Gasteiger partial charge in [0.1, 0.15) is 5.54 Å². The van der Waals surface area contributed by atoms with Gasteiger partial charge in [0, 0.05) is 0 Å². The fraction of sp³-hybridized carbons (Fsp3) is 0.909. The van der Waals surface area contributed by atoms with Crippen molar-refractivity contribution < 1.29 is 9.53 Å². The Labute approximate surface area is 86.2 Å². The monoisotopic (exact) mass is 199 g/mol. The molecule has 1 aliphatic carbocycles. The zero-order valence-corrected chi connectivity index (χ0v) is 9.43. The van der Waals surface area contributed by atoms with Gasteiger partial charge in [0.15, 0.2) is 0 Å². The van der Waals surface area contributed by atoms with Crippen LogP contribution in [-0.2, 0) is 9.53 Å². The van der Waals surface area contributed by atoms with Gasteiger partial charge in [-0.1, -0.05) is 19.8 Å². The van der Waals surface area contributed by atoms with Crippen molar-refractivity contribution in [1.29, 1.82) is 0 Å². The fourth-order valence-electron chi connectivity index (χ4n) is 1.75. The van der Waals surface area contributed by atoms with Crippen molar-refractivity contribution in [3.05, 3.63) is 0 Å². The molecule has 0 aliphatic heterocycles. The first-order valence-electron chi connectivity index (χ1n) is 5.46. The average Bonchev–Trinajstić information content (AvgIpc) is 2.97. The lowest BCUT2D eigenvalue weighted by Crippen LogP contribution is -2.50. The summed E-state index contributed by atoms with van der Waals surface area (Å²) in [4.78, 5) is 11.6. The molecule has 1 rings (SSSR count). The van der Waals surface area contributed by atoms with Crippen molar-refractivity contribution >= 4 is 5.97 Å². The summed E-state index contributed by atoms with van der Waals surface area (Å²) >= 11 is 0. The summed E-state index contributed by atoms with van der Waals surface area (Å²) in [5.74, 6) is 0.598. The topological polar surface area (TPSA) is 38.3 Å². The van der Waals surface area contributed by atoms with E-state index in [1.807, 2.05) is 6.92 Å². The zero-order valence-electron chi connectivity index (χ0n) is 9.43. The Morgan fingerprint density at radius 3 is 2.64 bits per heavy atom. The van der Waals surface area contributed by atoms with E-state index in [1.54, 1.807) is 0 Å². The van der Waals surface area contributed by atoms with Crippen LogP contribution in [0, 0.1) is 5.92 Å². The van der Waals surface area contributed by atoms with Gasteiger partial charge in [0.05, 0.1) is 7.11 Å². The first kappa shape index (κ1) is 11.5. The van der Waals surface area contributed by atoms with E-state index in [2.05, 4.69) is 12.2 Å². The maximum Gasteiger partial charge on any atom is 0.325 e. The van der Waals surface area contributed by atoms with E-state index < -0.39 is 5.54 Å². The van der Waals surface area contributed by atoms with Crippen LogP contribution in [0.1, 0.15) is 39.5 Å². The largest absolute Gasteiger partial charge is 0.468 e. The molecule has 1 atom stereocenters. The second-order valence-corrected chi connectivity index (χ2v) is 4.40. The molecule has 0 saturated heterocycles.